The van der Waals surface area contributed by atoms with Gasteiger partial charge in [0.25, 0.3) is 0 Å². The first-order valence-corrected chi connectivity index (χ1v) is 6.56. The third-order valence-corrected chi connectivity index (χ3v) is 3.19. The molecule has 0 aliphatic carbocycles. The SMILES string of the molecule is CCN(c1cccc(F)c1)c1ccc(C(N)=S)c(F)c1. The summed E-state index contributed by atoms with van der Waals surface area (Å²) in [6, 6.07) is 10.8. The number of benzene rings is 2. The van der Waals surface area contributed by atoms with Crippen molar-refractivity contribution in [1.82, 2.24) is 0 Å². The summed E-state index contributed by atoms with van der Waals surface area (Å²) in [5.41, 5.74) is 6.92. The van der Waals surface area contributed by atoms with E-state index in [0.29, 0.717) is 17.9 Å². The molecule has 0 spiro atoms. The van der Waals surface area contributed by atoms with E-state index >= 15 is 0 Å². The molecule has 0 aliphatic heterocycles. The lowest BCUT2D eigenvalue weighted by Gasteiger charge is -2.23. The minimum atomic E-state index is -0.482. The summed E-state index contributed by atoms with van der Waals surface area (Å²) >= 11 is 4.77. The number of hydrogen-bond donors (Lipinski definition) is 1. The highest BCUT2D eigenvalue weighted by Crippen LogP contribution is 2.27. The van der Waals surface area contributed by atoms with Crippen LogP contribution in [0.5, 0.6) is 0 Å². The fraction of sp³-hybridized carbons (Fsp3) is 0.133. The lowest BCUT2D eigenvalue weighted by molar-refractivity contribution is 0.624. The van der Waals surface area contributed by atoms with Gasteiger partial charge in [-0.2, -0.15) is 0 Å². The molecular formula is C15H14F2N2S. The van der Waals surface area contributed by atoms with Gasteiger partial charge < -0.3 is 10.6 Å². The number of halogens is 2. The summed E-state index contributed by atoms with van der Waals surface area (Å²) in [6.45, 7) is 2.49. The highest BCUT2D eigenvalue weighted by atomic mass is 32.1. The fourth-order valence-electron chi connectivity index (χ4n) is 2.03. The Morgan fingerprint density at radius 1 is 1.15 bits per heavy atom. The van der Waals surface area contributed by atoms with Gasteiger partial charge in [0, 0.05) is 23.5 Å². The van der Waals surface area contributed by atoms with Crippen LogP contribution in [0.2, 0.25) is 0 Å². The lowest BCUT2D eigenvalue weighted by atomic mass is 10.1. The van der Waals surface area contributed by atoms with E-state index < -0.39 is 5.82 Å². The summed E-state index contributed by atoms with van der Waals surface area (Å²) in [5.74, 6) is -0.814. The van der Waals surface area contributed by atoms with Crippen molar-refractivity contribution in [2.75, 3.05) is 11.4 Å². The predicted molar refractivity (Wildman–Crippen MR) is 81.4 cm³/mol. The van der Waals surface area contributed by atoms with Crippen molar-refractivity contribution < 1.29 is 8.78 Å². The van der Waals surface area contributed by atoms with E-state index in [1.165, 1.54) is 24.3 Å². The van der Waals surface area contributed by atoms with Crippen molar-refractivity contribution in [1.29, 1.82) is 0 Å². The molecule has 2 N–H and O–H groups in total. The zero-order chi connectivity index (χ0) is 14.7. The molecule has 0 aromatic heterocycles. The summed E-state index contributed by atoms with van der Waals surface area (Å²) in [4.78, 5) is 1.82. The molecule has 2 aromatic rings. The largest absolute Gasteiger partial charge is 0.389 e. The summed E-state index contributed by atoms with van der Waals surface area (Å²) in [7, 11) is 0. The lowest BCUT2D eigenvalue weighted by Crippen LogP contribution is -2.17. The van der Waals surface area contributed by atoms with Crippen LogP contribution in [0.15, 0.2) is 42.5 Å². The molecule has 0 aliphatic rings. The van der Waals surface area contributed by atoms with Gasteiger partial charge in [-0.1, -0.05) is 18.3 Å². The Morgan fingerprint density at radius 2 is 1.85 bits per heavy atom. The number of nitrogens with two attached hydrogens (primary N) is 1. The molecular weight excluding hydrogens is 278 g/mol. The van der Waals surface area contributed by atoms with Crippen molar-refractivity contribution >= 4 is 28.6 Å². The molecule has 0 saturated heterocycles. The minimum Gasteiger partial charge on any atom is -0.389 e. The molecule has 0 heterocycles. The average Bonchev–Trinajstić information content (AvgIpc) is 2.39. The number of hydrogen-bond acceptors (Lipinski definition) is 2. The molecule has 2 rings (SSSR count). The van der Waals surface area contributed by atoms with E-state index in [1.807, 2.05) is 6.92 Å². The first-order valence-electron chi connectivity index (χ1n) is 6.15. The monoisotopic (exact) mass is 292 g/mol. The molecule has 0 radical (unpaired) electrons. The second kappa shape index (κ2) is 5.96. The first-order chi connectivity index (χ1) is 9.52. The molecule has 0 amide bonds. The van der Waals surface area contributed by atoms with Gasteiger partial charge in [0.05, 0.1) is 0 Å². The van der Waals surface area contributed by atoms with Crippen LogP contribution < -0.4 is 10.6 Å². The summed E-state index contributed by atoms with van der Waals surface area (Å²) in [5, 5.41) is 0. The molecule has 0 saturated carbocycles. The van der Waals surface area contributed by atoms with Crippen LogP contribution >= 0.6 is 12.2 Å². The summed E-state index contributed by atoms with van der Waals surface area (Å²) < 4.78 is 27.2. The highest BCUT2D eigenvalue weighted by molar-refractivity contribution is 7.80. The van der Waals surface area contributed by atoms with E-state index in [2.05, 4.69) is 0 Å². The molecule has 0 unspecified atom stereocenters. The van der Waals surface area contributed by atoms with Crippen LogP contribution in [-0.2, 0) is 0 Å². The maximum atomic E-state index is 13.9. The van der Waals surface area contributed by atoms with Gasteiger partial charge in [-0.25, -0.2) is 8.78 Å². The molecule has 0 bridgehead atoms. The van der Waals surface area contributed by atoms with E-state index in [0.717, 1.165) is 0 Å². The average molecular weight is 292 g/mol. The number of anilines is 2. The second-order valence-corrected chi connectivity index (χ2v) is 4.69. The van der Waals surface area contributed by atoms with Crippen LogP contribution in [-0.4, -0.2) is 11.5 Å². The summed E-state index contributed by atoms with van der Waals surface area (Å²) in [6.07, 6.45) is 0. The zero-order valence-corrected chi connectivity index (χ0v) is 11.8. The van der Waals surface area contributed by atoms with E-state index in [-0.39, 0.29) is 16.4 Å². The van der Waals surface area contributed by atoms with Gasteiger partial charge in [-0.3, -0.25) is 0 Å². The first kappa shape index (κ1) is 14.4. The van der Waals surface area contributed by atoms with Crippen molar-refractivity contribution in [3.8, 4) is 0 Å². The van der Waals surface area contributed by atoms with Gasteiger partial charge in [-0.15, -0.1) is 0 Å². The third-order valence-electron chi connectivity index (χ3n) is 2.97. The molecule has 2 aromatic carbocycles. The minimum absolute atomic E-state index is 0.0165. The Bertz CT molecular complexity index is 644. The van der Waals surface area contributed by atoms with Crippen LogP contribution in [0, 0.1) is 11.6 Å². The van der Waals surface area contributed by atoms with E-state index in [4.69, 9.17) is 18.0 Å². The Balaban J connectivity index is 2.42. The molecule has 20 heavy (non-hydrogen) atoms. The van der Waals surface area contributed by atoms with Crippen LogP contribution in [0.25, 0.3) is 0 Å². The Kier molecular flexibility index (Phi) is 4.29. The third kappa shape index (κ3) is 2.93. The van der Waals surface area contributed by atoms with Gasteiger partial charge in [0.2, 0.25) is 0 Å². The Hall–Kier alpha value is -2.01. The number of rotatable bonds is 4. The van der Waals surface area contributed by atoms with Gasteiger partial charge >= 0.3 is 0 Å². The zero-order valence-electron chi connectivity index (χ0n) is 10.9. The number of nitrogens with zero attached hydrogens (tertiary/aromatic N) is 1. The van der Waals surface area contributed by atoms with Crippen LogP contribution in [0.3, 0.4) is 0 Å². The second-order valence-electron chi connectivity index (χ2n) is 4.25. The van der Waals surface area contributed by atoms with Gasteiger partial charge in [0.15, 0.2) is 0 Å². The molecule has 0 fully saturated rings. The molecule has 104 valence electrons. The maximum Gasteiger partial charge on any atom is 0.135 e. The Labute approximate surface area is 121 Å². The van der Waals surface area contributed by atoms with Crippen LogP contribution in [0.1, 0.15) is 12.5 Å². The molecule has 5 heteroatoms. The quantitative estimate of drug-likeness (QED) is 0.870. The highest BCUT2D eigenvalue weighted by Gasteiger charge is 2.12. The van der Waals surface area contributed by atoms with Crippen molar-refractivity contribution in [3.63, 3.8) is 0 Å². The van der Waals surface area contributed by atoms with Crippen LogP contribution in [0.4, 0.5) is 20.2 Å². The standard InChI is InChI=1S/C15H14F2N2S/c1-2-19(11-5-3-4-10(16)8-11)12-6-7-13(15(18)20)14(17)9-12/h3-9H,2H2,1H3,(H2,18,20). The van der Waals surface area contributed by atoms with Gasteiger partial charge in [-0.05, 0) is 43.3 Å². The van der Waals surface area contributed by atoms with E-state index in [1.54, 1.807) is 23.1 Å². The van der Waals surface area contributed by atoms with Crippen molar-refractivity contribution in [2.24, 2.45) is 5.73 Å². The topological polar surface area (TPSA) is 29.3 Å². The maximum absolute atomic E-state index is 13.9. The van der Waals surface area contributed by atoms with Crippen molar-refractivity contribution in [2.45, 2.75) is 6.92 Å². The van der Waals surface area contributed by atoms with Gasteiger partial charge in [0.1, 0.15) is 16.6 Å². The van der Waals surface area contributed by atoms with Crippen molar-refractivity contribution in [3.05, 3.63) is 59.7 Å². The molecule has 0 atom stereocenters. The van der Waals surface area contributed by atoms with E-state index in [9.17, 15) is 8.78 Å². The fourth-order valence-corrected chi connectivity index (χ4v) is 2.20. The normalized spacial score (nSPS) is 10.3. The smallest absolute Gasteiger partial charge is 0.135 e. The predicted octanol–water partition coefficient (Wildman–Crippen LogP) is 3.76. The molecule has 2 nitrogen and oxygen atoms in total. The Morgan fingerprint density at radius 3 is 2.40 bits per heavy atom. The number of thiocarbonyl (C=S) groups is 1.